The molecule has 1 aromatic heterocycles. The van der Waals surface area contributed by atoms with Crippen LogP contribution < -0.4 is 15.7 Å². The van der Waals surface area contributed by atoms with Crippen LogP contribution >= 0.6 is 0 Å². The Morgan fingerprint density at radius 3 is 2.67 bits per heavy atom. The van der Waals surface area contributed by atoms with Crippen LogP contribution in [0, 0.1) is 0 Å². The highest BCUT2D eigenvalue weighted by Crippen LogP contribution is 2.23. The number of aliphatic hydroxyl groups excluding tert-OH is 1. The van der Waals surface area contributed by atoms with Crippen molar-refractivity contribution in [2.75, 3.05) is 11.9 Å². The van der Waals surface area contributed by atoms with Gasteiger partial charge >= 0.3 is 5.69 Å². The van der Waals surface area contributed by atoms with Crippen LogP contribution in [0.4, 0.5) is 5.69 Å². The molecule has 4 N–H and O–H groups in total. The molecule has 124 valence electrons. The van der Waals surface area contributed by atoms with Crippen LogP contribution in [-0.4, -0.2) is 32.9 Å². The summed E-state index contributed by atoms with van der Waals surface area (Å²) in [5.41, 5.74) is 0.453. The molecular weight excluding hydrogens is 308 g/mol. The van der Waals surface area contributed by atoms with Crippen LogP contribution in [0.15, 0.2) is 59.4 Å². The summed E-state index contributed by atoms with van der Waals surface area (Å²) in [5, 5.41) is 19.2. The number of nitrogens with one attached hydrogen (secondary N) is 3. The number of hydrogen-bond donors (Lipinski definition) is 4. The zero-order chi connectivity index (χ0) is 16.8. The predicted molar refractivity (Wildman–Crippen MR) is 90.4 cm³/mol. The quantitative estimate of drug-likeness (QED) is 0.531. The summed E-state index contributed by atoms with van der Waals surface area (Å²) in [4.78, 5) is 13.5. The number of rotatable bonds is 7. The lowest BCUT2D eigenvalue weighted by Gasteiger charge is -2.12. The fourth-order valence-corrected chi connectivity index (χ4v) is 2.23. The van der Waals surface area contributed by atoms with Gasteiger partial charge in [-0.05, 0) is 24.3 Å². The summed E-state index contributed by atoms with van der Waals surface area (Å²) in [6, 6.07) is 17.0. The van der Waals surface area contributed by atoms with Gasteiger partial charge in [0.2, 0.25) is 0 Å². The molecule has 7 nitrogen and oxygen atoms in total. The monoisotopic (exact) mass is 326 g/mol. The van der Waals surface area contributed by atoms with E-state index in [0.29, 0.717) is 18.1 Å². The SMILES string of the molecule is O=c1[nH]nc(CC(O)CNc2cccc(Oc3ccccc3)c2)[nH]1. The Hall–Kier alpha value is -3.06. The first-order valence-corrected chi connectivity index (χ1v) is 7.57. The average Bonchev–Trinajstić information content (AvgIpc) is 2.99. The Kier molecular flexibility index (Phi) is 4.93. The van der Waals surface area contributed by atoms with E-state index in [1.807, 2.05) is 54.6 Å². The van der Waals surface area contributed by atoms with E-state index in [1.54, 1.807) is 0 Å². The molecule has 0 fully saturated rings. The molecule has 2 aromatic carbocycles. The second-order valence-electron chi connectivity index (χ2n) is 5.31. The van der Waals surface area contributed by atoms with Crippen molar-refractivity contribution >= 4 is 5.69 Å². The first-order chi connectivity index (χ1) is 11.7. The zero-order valence-electron chi connectivity index (χ0n) is 12.9. The largest absolute Gasteiger partial charge is 0.457 e. The fourth-order valence-electron chi connectivity index (χ4n) is 2.23. The number of benzene rings is 2. The van der Waals surface area contributed by atoms with Crippen molar-refractivity contribution in [1.82, 2.24) is 15.2 Å². The smallest absolute Gasteiger partial charge is 0.340 e. The van der Waals surface area contributed by atoms with Crippen molar-refractivity contribution in [2.24, 2.45) is 0 Å². The molecule has 1 unspecified atom stereocenters. The van der Waals surface area contributed by atoms with Gasteiger partial charge < -0.3 is 15.2 Å². The summed E-state index contributed by atoms with van der Waals surface area (Å²) < 4.78 is 5.77. The number of ether oxygens (including phenoxy) is 1. The van der Waals surface area contributed by atoms with E-state index in [4.69, 9.17) is 4.74 Å². The number of para-hydroxylation sites is 1. The first kappa shape index (κ1) is 15.8. The third-order valence-corrected chi connectivity index (χ3v) is 3.33. The molecule has 1 atom stereocenters. The molecule has 3 rings (SSSR count). The predicted octanol–water partition coefficient (Wildman–Crippen LogP) is 1.91. The molecule has 0 radical (unpaired) electrons. The highest BCUT2D eigenvalue weighted by Gasteiger charge is 2.08. The molecule has 7 heteroatoms. The highest BCUT2D eigenvalue weighted by atomic mass is 16.5. The molecule has 0 spiro atoms. The maximum absolute atomic E-state index is 11.0. The van der Waals surface area contributed by atoms with Crippen molar-refractivity contribution in [3.8, 4) is 11.5 Å². The van der Waals surface area contributed by atoms with Crippen LogP contribution in [0.25, 0.3) is 0 Å². The highest BCUT2D eigenvalue weighted by molar-refractivity contribution is 5.49. The summed E-state index contributed by atoms with van der Waals surface area (Å²) >= 11 is 0. The summed E-state index contributed by atoms with van der Waals surface area (Å²) in [6.07, 6.45) is -0.422. The van der Waals surface area contributed by atoms with Crippen molar-refractivity contribution in [1.29, 1.82) is 0 Å². The third-order valence-electron chi connectivity index (χ3n) is 3.33. The van der Waals surface area contributed by atoms with E-state index in [9.17, 15) is 9.90 Å². The number of aromatic amines is 2. The lowest BCUT2D eigenvalue weighted by Crippen LogP contribution is -2.22. The number of H-pyrrole nitrogens is 2. The van der Waals surface area contributed by atoms with E-state index in [1.165, 1.54) is 0 Å². The summed E-state index contributed by atoms with van der Waals surface area (Å²) in [7, 11) is 0. The number of anilines is 1. The topological polar surface area (TPSA) is 103 Å². The van der Waals surface area contributed by atoms with Gasteiger partial charge in [0.1, 0.15) is 17.3 Å². The summed E-state index contributed by atoms with van der Waals surface area (Å²) in [6.45, 7) is 0.323. The van der Waals surface area contributed by atoms with Crippen molar-refractivity contribution in [3.05, 3.63) is 70.9 Å². The van der Waals surface area contributed by atoms with Crippen LogP contribution in [0.2, 0.25) is 0 Å². The number of nitrogens with zero attached hydrogens (tertiary/aromatic N) is 1. The van der Waals surface area contributed by atoms with Gasteiger partial charge in [0, 0.05) is 24.7 Å². The normalized spacial score (nSPS) is 11.9. The lowest BCUT2D eigenvalue weighted by atomic mass is 10.2. The van der Waals surface area contributed by atoms with Gasteiger partial charge in [0.15, 0.2) is 0 Å². The molecule has 0 amide bonds. The molecule has 0 aliphatic rings. The number of aromatic nitrogens is 3. The van der Waals surface area contributed by atoms with Crippen LogP contribution in [0.5, 0.6) is 11.5 Å². The second-order valence-corrected chi connectivity index (χ2v) is 5.31. The maximum Gasteiger partial charge on any atom is 0.340 e. The summed E-state index contributed by atoms with van der Waals surface area (Å²) in [5.74, 6) is 1.89. The van der Waals surface area contributed by atoms with E-state index in [2.05, 4.69) is 20.5 Å². The Labute approximate surface area is 138 Å². The van der Waals surface area contributed by atoms with Gasteiger partial charge in [-0.15, -0.1) is 0 Å². The molecule has 0 saturated heterocycles. The van der Waals surface area contributed by atoms with Crippen LogP contribution in [-0.2, 0) is 6.42 Å². The molecule has 0 saturated carbocycles. The number of hydrogen-bond acceptors (Lipinski definition) is 5. The Morgan fingerprint density at radius 2 is 1.92 bits per heavy atom. The first-order valence-electron chi connectivity index (χ1n) is 7.57. The molecule has 24 heavy (non-hydrogen) atoms. The molecule has 0 bridgehead atoms. The average molecular weight is 326 g/mol. The Bertz CT molecular complexity index is 829. The van der Waals surface area contributed by atoms with E-state index < -0.39 is 6.10 Å². The zero-order valence-corrected chi connectivity index (χ0v) is 12.9. The second kappa shape index (κ2) is 7.47. The van der Waals surface area contributed by atoms with Gasteiger partial charge in [-0.25, -0.2) is 9.89 Å². The molecule has 0 aliphatic heterocycles. The molecule has 0 aliphatic carbocycles. The Balaban J connectivity index is 1.55. The van der Waals surface area contributed by atoms with Crippen LogP contribution in [0.1, 0.15) is 5.82 Å². The molecular formula is C17H18N4O3. The lowest BCUT2D eigenvalue weighted by molar-refractivity contribution is 0.185. The minimum Gasteiger partial charge on any atom is -0.457 e. The van der Waals surface area contributed by atoms with Crippen molar-refractivity contribution < 1.29 is 9.84 Å². The molecule has 3 aromatic rings. The number of aliphatic hydroxyl groups is 1. The van der Waals surface area contributed by atoms with E-state index >= 15 is 0 Å². The van der Waals surface area contributed by atoms with Gasteiger partial charge in [0.05, 0.1) is 6.10 Å². The van der Waals surface area contributed by atoms with Crippen molar-refractivity contribution in [3.63, 3.8) is 0 Å². The Morgan fingerprint density at radius 1 is 1.12 bits per heavy atom. The van der Waals surface area contributed by atoms with Gasteiger partial charge in [0.25, 0.3) is 0 Å². The van der Waals surface area contributed by atoms with Gasteiger partial charge in [-0.1, -0.05) is 24.3 Å². The molecule has 1 heterocycles. The fraction of sp³-hybridized carbons (Fsp3) is 0.176. The van der Waals surface area contributed by atoms with Crippen molar-refractivity contribution in [2.45, 2.75) is 12.5 Å². The van der Waals surface area contributed by atoms with Gasteiger partial charge in [-0.2, -0.15) is 5.10 Å². The minimum atomic E-state index is -0.678. The standard InChI is InChI=1S/C17H18N4O3/c22-13(10-16-19-17(23)21-20-16)11-18-12-5-4-8-15(9-12)24-14-6-2-1-3-7-14/h1-9,13,18,22H,10-11H2,(H2,19,20,21,23). The minimum absolute atomic E-state index is 0.256. The third kappa shape index (κ3) is 4.47. The maximum atomic E-state index is 11.0. The van der Waals surface area contributed by atoms with Gasteiger partial charge in [-0.3, -0.25) is 4.98 Å². The van der Waals surface area contributed by atoms with E-state index in [0.717, 1.165) is 11.4 Å². The van der Waals surface area contributed by atoms with E-state index in [-0.39, 0.29) is 12.1 Å². The van der Waals surface area contributed by atoms with Crippen LogP contribution in [0.3, 0.4) is 0 Å².